The van der Waals surface area contributed by atoms with Crippen molar-refractivity contribution in [1.82, 2.24) is 4.90 Å². The molecule has 0 aliphatic carbocycles. The van der Waals surface area contributed by atoms with Crippen LogP contribution in [0, 0.1) is 0 Å². The lowest BCUT2D eigenvalue weighted by Crippen LogP contribution is -2.32. The van der Waals surface area contributed by atoms with Crippen LogP contribution in [0.5, 0.6) is 17.2 Å². The fourth-order valence-electron chi connectivity index (χ4n) is 2.74. The van der Waals surface area contributed by atoms with Gasteiger partial charge >= 0.3 is 0 Å². The van der Waals surface area contributed by atoms with Crippen LogP contribution in [0.2, 0.25) is 0 Å². The van der Waals surface area contributed by atoms with E-state index in [1.165, 1.54) is 4.90 Å². The molecule has 2 aromatic rings. The van der Waals surface area contributed by atoms with Crippen LogP contribution in [0.15, 0.2) is 53.4 Å². The number of nitrogens with zero attached hydrogens (tertiary/aromatic N) is 1. The van der Waals surface area contributed by atoms with E-state index in [1.807, 2.05) is 50.2 Å². The van der Waals surface area contributed by atoms with Gasteiger partial charge in [-0.1, -0.05) is 24.3 Å². The van der Waals surface area contributed by atoms with Crippen molar-refractivity contribution >= 4 is 29.0 Å². The molecule has 1 heterocycles. The number of ether oxygens (including phenoxy) is 3. The molecule has 0 spiro atoms. The summed E-state index contributed by atoms with van der Waals surface area (Å²) in [5, 5.41) is -0.301. The molecule has 1 saturated heterocycles. The molecule has 2 amide bonds. The molecule has 3 rings (SSSR count). The highest BCUT2D eigenvalue weighted by atomic mass is 32.2. The maximum Gasteiger partial charge on any atom is 0.293 e. The van der Waals surface area contributed by atoms with Gasteiger partial charge in [0.25, 0.3) is 11.1 Å². The lowest BCUT2D eigenvalue weighted by molar-refractivity contribution is -0.123. The number of rotatable bonds is 8. The summed E-state index contributed by atoms with van der Waals surface area (Å²) in [6.07, 6.45) is 1.70. The van der Waals surface area contributed by atoms with E-state index in [-0.39, 0.29) is 30.4 Å². The van der Waals surface area contributed by atoms with Gasteiger partial charge in [0.2, 0.25) is 0 Å². The number of benzene rings is 2. The Hall–Kier alpha value is -2.93. The van der Waals surface area contributed by atoms with Crippen molar-refractivity contribution in [3.63, 3.8) is 0 Å². The van der Waals surface area contributed by atoms with Crippen LogP contribution in [-0.4, -0.2) is 42.4 Å². The van der Waals surface area contributed by atoms with Gasteiger partial charge in [-0.15, -0.1) is 0 Å². The second-order valence-corrected chi connectivity index (χ2v) is 7.56. The van der Waals surface area contributed by atoms with Gasteiger partial charge in [0.1, 0.15) is 12.4 Å². The van der Waals surface area contributed by atoms with Crippen LogP contribution in [0.25, 0.3) is 6.08 Å². The Balaban J connectivity index is 1.67. The van der Waals surface area contributed by atoms with Gasteiger partial charge in [0.15, 0.2) is 11.5 Å². The summed E-state index contributed by atoms with van der Waals surface area (Å²) >= 11 is 0.922. The summed E-state index contributed by atoms with van der Waals surface area (Å²) in [5.74, 6) is 1.58. The van der Waals surface area contributed by atoms with E-state index >= 15 is 0 Å². The fraction of sp³-hybridized carbons (Fsp3) is 0.273. The molecule has 7 heteroatoms. The Bertz CT molecular complexity index is 911. The molecular formula is C22H23NO5S. The molecule has 0 radical (unpaired) electrons. The SMILES string of the molecule is COc1cc(/C=C2\SC(=O)N(CCOc3ccccc3)C2=O)ccc1OC(C)C. The Morgan fingerprint density at radius 3 is 2.52 bits per heavy atom. The molecule has 1 fully saturated rings. The van der Waals surface area contributed by atoms with E-state index in [0.717, 1.165) is 17.3 Å². The molecule has 0 unspecified atom stereocenters. The Morgan fingerprint density at radius 1 is 1.07 bits per heavy atom. The quantitative estimate of drug-likeness (QED) is 0.590. The van der Waals surface area contributed by atoms with E-state index in [4.69, 9.17) is 14.2 Å². The highest BCUT2D eigenvalue weighted by Gasteiger charge is 2.34. The minimum absolute atomic E-state index is 0.0179. The maximum absolute atomic E-state index is 12.6. The van der Waals surface area contributed by atoms with Crippen LogP contribution in [-0.2, 0) is 4.79 Å². The monoisotopic (exact) mass is 413 g/mol. The first-order chi connectivity index (χ1) is 14.0. The number of methoxy groups -OCH3 is 1. The fourth-order valence-corrected chi connectivity index (χ4v) is 3.61. The molecule has 1 aliphatic heterocycles. The highest BCUT2D eigenvalue weighted by molar-refractivity contribution is 8.18. The lowest BCUT2D eigenvalue weighted by atomic mass is 10.2. The molecule has 0 atom stereocenters. The van der Waals surface area contributed by atoms with Crippen LogP contribution in [0.3, 0.4) is 0 Å². The predicted octanol–water partition coefficient (Wildman–Crippen LogP) is 4.60. The number of imide groups is 1. The standard InChI is InChI=1S/C22H23NO5S/c1-15(2)28-18-10-9-16(13-19(18)26-3)14-20-21(24)23(22(25)29-20)11-12-27-17-7-5-4-6-8-17/h4-10,13-15H,11-12H2,1-3H3/b20-14-. The third-order valence-corrected chi connectivity index (χ3v) is 4.96. The van der Waals surface area contributed by atoms with Crippen molar-refractivity contribution in [2.75, 3.05) is 20.3 Å². The van der Waals surface area contributed by atoms with Crippen LogP contribution < -0.4 is 14.2 Å². The predicted molar refractivity (Wildman–Crippen MR) is 113 cm³/mol. The molecule has 1 aliphatic rings. The zero-order valence-corrected chi connectivity index (χ0v) is 17.4. The second-order valence-electron chi connectivity index (χ2n) is 6.57. The van der Waals surface area contributed by atoms with Gasteiger partial charge < -0.3 is 14.2 Å². The first-order valence-electron chi connectivity index (χ1n) is 9.26. The average molecular weight is 413 g/mol. The number of amides is 2. The third-order valence-electron chi connectivity index (χ3n) is 4.05. The van der Waals surface area contributed by atoms with Gasteiger partial charge in [0.05, 0.1) is 24.7 Å². The first kappa shape index (κ1) is 20.8. The van der Waals surface area contributed by atoms with Crippen molar-refractivity contribution in [2.24, 2.45) is 0 Å². The number of thioether (sulfide) groups is 1. The first-order valence-corrected chi connectivity index (χ1v) is 10.1. The van der Waals surface area contributed by atoms with Crippen molar-refractivity contribution < 1.29 is 23.8 Å². The summed E-state index contributed by atoms with van der Waals surface area (Å²) in [6, 6.07) is 14.7. The topological polar surface area (TPSA) is 65.1 Å². The van der Waals surface area contributed by atoms with Crippen LogP contribution in [0.1, 0.15) is 19.4 Å². The van der Waals surface area contributed by atoms with E-state index in [0.29, 0.717) is 22.2 Å². The summed E-state index contributed by atoms with van der Waals surface area (Å²) in [6.45, 7) is 4.31. The van der Waals surface area contributed by atoms with Crippen molar-refractivity contribution in [2.45, 2.75) is 20.0 Å². The van der Waals surface area contributed by atoms with E-state index in [9.17, 15) is 9.59 Å². The zero-order valence-electron chi connectivity index (χ0n) is 16.6. The maximum atomic E-state index is 12.6. The van der Waals surface area contributed by atoms with Crippen molar-refractivity contribution in [3.8, 4) is 17.2 Å². The number of carbonyl (C=O) groups is 2. The van der Waals surface area contributed by atoms with Gasteiger partial charge in [-0.3, -0.25) is 14.5 Å². The molecule has 6 nitrogen and oxygen atoms in total. The Morgan fingerprint density at radius 2 is 1.83 bits per heavy atom. The average Bonchev–Trinajstić information content (AvgIpc) is 2.97. The lowest BCUT2D eigenvalue weighted by Gasteiger charge is -2.14. The molecule has 0 bridgehead atoms. The number of carbonyl (C=O) groups excluding carboxylic acids is 2. The molecule has 0 aromatic heterocycles. The summed E-state index contributed by atoms with van der Waals surface area (Å²) in [5.41, 5.74) is 0.754. The van der Waals surface area contributed by atoms with Gasteiger partial charge in [-0.2, -0.15) is 0 Å². The van der Waals surface area contributed by atoms with E-state index in [2.05, 4.69) is 0 Å². The number of hydrogen-bond donors (Lipinski definition) is 0. The van der Waals surface area contributed by atoms with E-state index in [1.54, 1.807) is 25.3 Å². The normalized spacial score (nSPS) is 15.3. The second kappa shape index (κ2) is 9.52. The molecular weight excluding hydrogens is 390 g/mol. The highest BCUT2D eigenvalue weighted by Crippen LogP contribution is 2.34. The van der Waals surface area contributed by atoms with Gasteiger partial charge in [-0.25, -0.2) is 0 Å². The van der Waals surface area contributed by atoms with E-state index < -0.39 is 0 Å². The van der Waals surface area contributed by atoms with Crippen LogP contribution in [0.4, 0.5) is 4.79 Å². The zero-order chi connectivity index (χ0) is 20.8. The smallest absolute Gasteiger partial charge is 0.293 e. The Kier molecular flexibility index (Phi) is 6.82. The van der Waals surface area contributed by atoms with Crippen molar-refractivity contribution in [3.05, 3.63) is 59.0 Å². The third kappa shape index (κ3) is 5.32. The largest absolute Gasteiger partial charge is 0.493 e. The van der Waals surface area contributed by atoms with Crippen LogP contribution >= 0.6 is 11.8 Å². The van der Waals surface area contributed by atoms with Gasteiger partial charge in [-0.05, 0) is 61.5 Å². The summed E-state index contributed by atoms with van der Waals surface area (Å²) in [7, 11) is 1.56. The van der Waals surface area contributed by atoms with Crippen molar-refractivity contribution in [1.29, 1.82) is 0 Å². The summed E-state index contributed by atoms with van der Waals surface area (Å²) in [4.78, 5) is 26.5. The summed E-state index contributed by atoms with van der Waals surface area (Å²) < 4.78 is 16.7. The molecule has 0 saturated carbocycles. The Labute approximate surface area is 174 Å². The van der Waals surface area contributed by atoms with Gasteiger partial charge in [0, 0.05) is 0 Å². The minimum atomic E-state index is -0.321. The molecule has 2 aromatic carbocycles. The number of para-hydroxylation sites is 1. The minimum Gasteiger partial charge on any atom is -0.493 e. The molecule has 0 N–H and O–H groups in total. The number of hydrogen-bond acceptors (Lipinski definition) is 6. The molecule has 29 heavy (non-hydrogen) atoms. The molecule has 152 valence electrons.